The molecule has 0 unspecified atom stereocenters. The van der Waals surface area contributed by atoms with E-state index in [2.05, 4.69) is 16.6 Å². The number of benzene rings is 1. The molecule has 1 aromatic rings. The van der Waals surface area contributed by atoms with Gasteiger partial charge in [-0.1, -0.05) is 24.3 Å². The molecular formula is C15H21NO3. The summed E-state index contributed by atoms with van der Waals surface area (Å²) in [6.07, 6.45) is 0. The fourth-order valence-electron chi connectivity index (χ4n) is 1.50. The lowest BCUT2D eigenvalue weighted by Crippen LogP contribution is -2.19. The van der Waals surface area contributed by atoms with Gasteiger partial charge in [-0.05, 0) is 24.6 Å². The molecule has 4 nitrogen and oxygen atoms in total. The Morgan fingerprint density at radius 3 is 2.58 bits per heavy atom. The van der Waals surface area contributed by atoms with Crippen LogP contribution in [-0.4, -0.2) is 32.8 Å². The smallest absolute Gasteiger partial charge is 0.337 e. The van der Waals surface area contributed by atoms with Crippen molar-refractivity contribution in [2.24, 2.45) is 0 Å². The van der Waals surface area contributed by atoms with Crippen LogP contribution in [0.15, 0.2) is 36.4 Å². The van der Waals surface area contributed by atoms with Crippen molar-refractivity contribution in [2.45, 2.75) is 13.5 Å². The highest BCUT2D eigenvalue weighted by molar-refractivity contribution is 5.89. The minimum atomic E-state index is -0.312. The predicted molar refractivity (Wildman–Crippen MR) is 75.1 cm³/mol. The zero-order valence-electron chi connectivity index (χ0n) is 11.6. The fraction of sp³-hybridized carbons (Fsp3) is 0.400. The number of esters is 1. The number of rotatable bonds is 8. The highest BCUT2D eigenvalue weighted by Crippen LogP contribution is 2.05. The van der Waals surface area contributed by atoms with Crippen LogP contribution in [0.3, 0.4) is 0 Å². The standard InChI is InChI=1S/C15H21NO3/c1-12(2)11-19-9-8-16-10-13-4-6-14(7-5-13)15(17)18-3/h4-7,16H,1,8-11H2,2-3H3. The van der Waals surface area contributed by atoms with Gasteiger partial charge in [0.2, 0.25) is 0 Å². The normalized spacial score (nSPS) is 10.2. The lowest BCUT2D eigenvalue weighted by atomic mass is 10.1. The Morgan fingerprint density at radius 2 is 2.00 bits per heavy atom. The second-order valence-corrected chi connectivity index (χ2v) is 4.37. The molecule has 0 aliphatic rings. The van der Waals surface area contributed by atoms with E-state index in [0.717, 1.165) is 24.2 Å². The highest BCUT2D eigenvalue weighted by atomic mass is 16.5. The number of hydrogen-bond acceptors (Lipinski definition) is 4. The molecule has 1 aromatic carbocycles. The molecule has 19 heavy (non-hydrogen) atoms. The van der Waals surface area contributed by atoms with Gasteiger partial charge in [0, 0.05) is 13.1 Å². The Bertz CT molecular complexity index is 412. The first kappa shape index (κ1) is 15.4. The molecule has 0 saturated carbocycles. The molecular weight excluding hydrogens is 242 g/mol. The number of hydrogen-bond donors (Lipinski definition) is 1. The van der Waals surface area contributed by atoms with Crippen LogP contribution in [0.4, 0.5) is 0 Å². The minimum absolute atomic E-state index is 0.312. The third-order valence-corrected chi connectivity index (χ3v) is 2.48. The molecule has 104 valence electrons. The molecule has 0 aliphatic carbocycles. The van der Waals surface area contributed by atoms with Crippen LogP contribution in [-0.2, 0) is 16.0 Å². The molecule has 0 bridgehead atoms. The summed E-state index contributed by atoms with van der Waals surface area (Å²) in [6, 6.07) is 7.35. The largest absolute Gasteiger partial charge is 0.465 e. The fourth-order valence-corrected chi connectivity index (χ4v) is 1.50. The topological polar surface area (TPSA) is 47.6 Å². The van der Waals surface area contributed by atoms with Gasteiger partial charge in [-0.3, -0.25) is 0 Å². The second-order valence-electron chi connectivity index (χ2n) is 4.37. The molecule has 0 atom stereocenters. The Labute approximate surface area is 114 Å². The lowest BCUT2D eigenvalue weighted by molar-refractivity contribution is 0.0600. The Kier molecular flexibility index (Phi) is 6.85. The van der Waals surface area contributed by atoms with Gasteiger partial charge in [0.05, 0.1) is 25.9 Å². The third-order valence-electron chi connectivity index (χ3n) is 2.48. The van der Waals surface area contributed by atoms with E-state index < -0.39 is 0 Å². The van der Waals surface area contributed by atoms with Gasteiger partial charge in [-0.25, -0.2) is 4.79 Å². The maximum atomic E-state index is 11.3. The molecule has 0 radical (unpaired) electrons. The van der Waals surface area contributed by atoms with Gasteiger partial charge in [0.25, 0.3) is 0 Å². The first-order valence-corrected chi connectivity index (χ1v) is 6.23. The molecule has 0 heterocycles. The maximum absolute atomic E-state index is 11.3. The van der Waals surface area contributed by atoms with Crippen molar-refractivity contribution in [1.82, 2.24) is 5.32 Å². The summed E-state index contributed by atoms with van der Waals surface area (Å²) in [5.74, 6) is -0.312. The highest BCUT2D eigenvalue weighted by Gasteiger charge is 2.03. The number of carbonyl (C=O) groups excluding carboxylic acids is 1. The van der Waals surface area contributed by atoms with Crippen LogP contribution in [0.5, 0.6) is 0 Å². The van der Waals surface area contributed by atoms with E-state index in [1.54, 1.807) is 12.1 Å². The summed E-state index contributed by atoms with van der Waals surface area (Å²) in [7, 11) is 1.38. The van der Waals surface area contributed by atoms with Crippen molar-refractivity contribution in [3.8, 4) is 0 Å². The van der Waals surface area contributed by atoms with E-state index in [0.29, 0.717) is 18.8 Å². The quantitative estimate of drug-likeness (QED) is 0.443. The van der Waals surface area contributed by atoms with Crippen LogP contribution in [0.25, 0.3) is 0 Å². The first-order chi connectivity index (χ1) is 9.13. The zero-order chi connectivity index (χ0) is 14.1. The zero-order valence-corrected chi connectivity index (χ0v) is 11.6. The summed E-state index contributed by atoms with van der Waals surface area (Å²) in [5.41, 5.74) is 2.71. The van der Waals surface area contributed by atoms with Gasteiger partial charge in [0.15, 0.2) is 0 Å². The van der Waals surface area contributed by atoms with Crippen molar-refractivity contribution in [1.29, 1.82) is 0 Å². The molecule has 0 aliphatic heterocycles. The maximum Gasteiger partial charge on any atom is 0.337 e. The van der Waals surface area contributed by atoms with Gasteiger partial charge >= 0.3 is 5.97 Å². The molecule has 0 amide bonds. The van der Waals surface area contributed by atoms with Crippen LogP contribution in [0.1, 0.15) is 22.8 Å². The van der Waals surface area contributed by atoms with Crippen molar-refractivity contribution < 1.29 is 14.3 Å². The summed E-state index contributed by atoms with van der Waals surface area (Å²) in [4.78, 5) is 11.3. The van der Waals surface area contributed by atoms with E-state index in [4.69, 9.17) is 4.74 Å². The van der Waals surface area contributed by atoms with E-state index in [-0.39, 0.29) is 5.97 Å². The summed E-state index contributed by atoms with van der Waals surface area (Å²) in [6.45, 7) is 8.51. The summed E-state index contributed by atoms with van der Waals surface area (Å²) < 4.78 is 10.0. The van der Waals surface area contributed by atoms with E-state index in [9.17, 15) is 4.79 Å². The molecule has 1 rings (SSSR count). The van der Waals surface area contributed by atoms with Crippen molar-refractivity contribution in [3.05, 3.63) is 47.5 Å². The van der Waals surface area contributed by atoms with Crippen molar-refractivity contribution in [2.75, 3.05) is 26.9 Å². The van der Waals surface area contributed by atoms with Crippen LogP contribution < -0.4 is 5.32 Å². The predicted octanol–water partition coefficient (Wildman–Crippen LogP) is 2.16. The molecule has 0 fully saturated rings. The molecule has 0 aromatic heterocycles. The van der Waals surface area contributed by atoms with E-state index >= 15 is 0 Å². The number of carbonyl (C=O) groups is 1. The average Bonchev–Trinajstić information content (AvgIpc) is 2.42. The molecule has 4 heteroatoms. The van der Waals surface area contributed by atoms with Gasteiger partial charge < -0.3 is 14.8 Å². The van der Waals surface area contributed by atoms with Crippen LogP contribution in [0, 0.1) is 0 Å². The lowest BCUT2D eigenvalue weighted by Gasteiger charge is -2.07. The Morgan fingerprint density at radius 1 is 1.32 bits per heavy atom. The average molecular weight is 263 g/mol. The number of ether oxygens (including phenoxy) is 2. The third kappa shape index (κ3) is 6.18. The molecule has 1 N–H and O–H groups in total. The Hall–Kier alpha value is -1.65. The van der Waals surface area contributed by atoms with Crippen molar-refractivity contribution >= 4 is 5.97 Å². The van der Waals surface area contributed by atoms with Crippen molar-refractivity contribution in [3.63, 3.8) is 0 Å². The monoisotopic (exact) mass is 263 g/mol. The Balaban J connectivity index is 2.23. The van der Waals surface area contributed by atoms with E-state index in [1.807, 2.05) is 19.1 Å². The van der Waals surface area contributed by atoms with Gasteiger partial charge in [0.1, 0.15) is 0 Å². The van der Waals surface area contributed by atoms with Gasteiger partial charge in [-0.2, -0.15) is 0 Å². The minimum Gasteiger partial charge on any atom is -0.465 e. The van der Waals surface area contributed by atoms with Crippen LogP contribution >= 0.6 is 0 Å². The molecule has 0 spiro atoms. The number of nitrogens with one attached hydrogen (secondary N) is 1. The summed E-state index contributed by atoms with van der Waals surface area (Å²) >= 11 is 0. The van der Waals surface area contributed by atoms with E-state index in [1.165, 1.54) is 7.11 Å². The molecule has 0 saturated heterocycles. The van der Waals surface area contributed by atoms with Crippen LogP contribution in [0.2, 0.25) is 0 Å². The number of methoxy groups -OCH3 is 1. The summed E-state index contributed by atoms with van der Waals surface area (Å²) in [5, 5.41) is 3.27. The van der Waals surface area contributed by atoms with Gasteiger partial charge in [-0.15, -0.1) is 0 Å². The second kappa shape index (κ2) is 8.45. The SMILES string of the molecule is C=C(C)COCCNCc1ccc(C(=O)OC)cc1. The first-order valence-electron chi connectivity index (χ1n) is 6.23.